The zero-order chi connectivity index (χ0) is 18.9. The van der Waals surface area contributed by atoms with Crippen LogP contribution in [-0.2, 0) is 14.3 Å². The molecular formula is C20H24N2O4. The molecule has 1 unspecified atom stereocenters. The maximum Gasteiger partial charge on any atom is 0.337 e. The molecule has 1 heterocycles. The number of carbonyl (C=O) groups is 2. The molecule has 1 aromatic carbocycles. The zero-order valence-corrected chi connectivity index (χ0v) is 15.6. The van der Waals surface area contributed by atoms with Crippen LogP contribution in [-0.4, -0.2) is 34.8 Å². The van der Waals surface area contributed by atoms with E-state index in [9.17, 15) is 9.59 Å². The van der Waals surface area contributed by atoms with E-state index >= 15 is 0 Å². The number of nitrogens with zero attached hydrogens (tertiary/aromatic N) is 1. The highest BCUT2D eigenvalue weighted by Crippen LogP contribution is 2.34. The van der Waals surface area contributed by atoms with Crippen LogP contribution in [0.1, 0.15) is 56.1 Å². The van der Waals surface area contributed by atoms with Gasteiger partial charge in [0.1, 0.15) is 5.60 Å². The second-order valence-corrected chi connectivity index (χ2v) is 7.56. The van der Waals surface area contributed by atoms with Gasteiger partial charge in [0, 0.05) is 5.39 Å². The van der Waals surface area contributed by atoms with Gasteiger partial charge in [-0.15, -0.1) is 0 Å². The van der Waals surface area contributed by atoms with Gasteiger partial charge < -0.3 is 9.47 Å². The van der Waals surface area contributed by atoms with E-state index in [1.165, 1.54) is 7.11 Å². The van der Waals surface area contributed by atoms with Crippen molar-refractivity contribution in [2.75, 3.05) is 7.11 Å². The first-order chi connectivity index (χ1) is 12.3. The normalized spacial score (nSPS) is 17.7. The smallest absolute Gasteiger partial charge is 0.337 e. The Hall–Kier alpha value is -2.63. The van der Waals surface area contributed by atoms with Crippen molar-refractivity contribution in [3.05, 3.63) is 35.5 Å². The van der Waals surface area contributed by atoms with Crippen LogP contribution in [0.15, 0.2) is 24.3 Å². The first kappa shape index (κ1) is 18.2. The first-order valence-electron chi connectivity index (χ1n) is 8.77. The predicted molar refractivity (Wildman–Crippen MR) is 98.6 cm³/mol. The summed E-state index contributed by atoms with van der Waals surface area (Å²) >= 11 is 0. The third kappa shape index (κ3) is 3.79. The molecule has 0 aliphatic heterocycles. The Morgan fingerprint density at radius 2 is 2.04 bits per heavy atom. The van der Waals surface area contributed by atoms with Crippen molar-refractivity contribution >= 4 is 28.4 Å². The van der Waals surface area contributed by atoms with Gasteiger partial charge in [0.05, 0.1) is 29.8 Å². The molecule has 26 heavy (non-hydrogen) atoms. The Morgan fingerprint density at radius 3 is 2.65 bits per heavy atom. The van der Waals surface area contributed by atoms with Crippen LogP contribution in [0, 0.1) is 5.92 Å². The minimum atomic E-state index is -0.461. The number of fused-ring (bicyclic) bond motifs is 1. The molecule has 0 bridgehead atoms. The van der Waals surface area contributed by atoms with E-state index < -0.39 is 5.60 Å². The number of carbonyl (C=O) groups excluding carboxylic acids is 2. The molecular weight excluding hydrogens is 332 g/mol. The summed E-state index contributed by atoms with van der Waals surface area (Å²) in [4.78, 5) is 23.9. The maximum atomic E-state index is 12.2. The van der Waals surface area contributed by atoms with Crippen molar-refractivity contribution in [1.82, 2.24) is 10.2 Å². The fourth-order valence-corrected chi connectivity index (χ4v) is 3.16. The SMILES string of the molecule is COC(=O)c1ccc2c(C3=CCC(C(=O)OC(C)(C)C)CC3)n[nH]c2c1. The van der Waals surface area contributed by atoms with Gasteiger partial charge >= 0.3 is 11.9 Å². The predicted octanol–water partition coefficient (Wildman–Crippen LogP) is 3.87. The summed E-state index contributed by atoms with van der Waals surface area (Å²) in [6.07, 6.45) is 4.23. The molecule has 1 aliphatic carbocycles. The van der Waals surface area contributed by atoms with E-state index in [2.05, 4.69) is 16.3 Å². The molecule has 0 amide bonds. The van der Waals surface area contributed by atoms with Crippen LogP contribution in [0.2, 0.25) is 0 Å². The lowest BCUT2D eigenvalue weighted by molar-refractivity contribution is -0.160. The summed E-state index contributed by atoms with van der Waals surface area (Å²) in [5.41, 5.74) is 2.80. The summed E-state index contributed by atoms with van der Waals surface area (Å²) in [5, 5.41) is 8.35. The molecule has 0 saturated heterocycles. The Morgan fingerprint density at radius 1 is 1.27 bits per heavy atom. The fourth-order valence-electron chi connectivity index (χ4n) is 3.16. The number of allylic oxidation sites excluding steroid dienone is 2. The topological polar surface area (TPSA) is 81.3 Å². The van der Waals surface area contributed by atoms with E-state index in [0.29, 0.717) is 12.0 Å². The summed E-state index contributed by atoms with van der Waals surface area (Å²) in [6, 6.07) is 5.35. The van der Waals surface area contributed by atoms with Gasteiger partial charge in [-0.25, -0.2) is 4.79 Å². The van der Waals surface area contributed by atoms with Crippen LogP contribution < -0.4 is 0 Å². The van der Waals surface area contributed by atoms with Crippen LogP contribution in [0.4, 0.5) is 0 Å². The second-order valence-electron chi connectivity index (χ2n) is 7.56. The molecule has 0 saturated carbocycles. The first-order valence-corrected chi connectivity index (χ1v) is 8.77. The standard InChI is InChI=1S/C20H24N2O4/c1-20(2,3)26-19(24)13-7-5-12(6-8-13)17-15-10-9-14(18(23)25-4)11-16(15)21-22-17/h5,9-11,13H,6-8H2,1-4H3,(H,21,22). The third-order valence-corrected chi connectivity index (χ3v) is 4.44. The van der Waals surface area contributed by atoms with Crippen molar-refractivity contribution in [2.45, 2.75) is 45.6 Å². The largest absolute Gasteiger partial charge is 0.465 e. The van der Waals surface area contributed by atoms with E-state index in [0.717, 1.165) is 35.0 Å². The summed E-state index contributed by atoms with van der Waals surface area (Å²) < 4.78 is 10.2. The Labute approximate surface area is 152 Å². The number of esters is 2. The second kappa shape index (κ2) is 6.94. The number of hydrogen-bond acceptors (Lipinski definition) is 5. The number of hydrogen-bond donors (Lipinski definition) is 1. The van der Waals surface area contributed by atoms with Crippen molar-refractivity contribution in [3.8, 4) is 0 Å². The lowest BCUT2D eigenvalue weighted by Gasteiger charge is -2.25. The van der Waals surface area contributed by atoms with Gasteiger partial charge in [-0.2, -0.15) is 5.10 Å². The maximum absolute atomic E-state index is 12.2. The number of rotatable bonds is 3. The average molecular weight is 356 g/mol. The van der Waals surface area contributed by atoms with Crippen LogP contribution in [0.3, 0.4) is 0 Å². The number of ether oxygens (including phenoxy) is 2. The summed E-state index contributed by atoms with van der Waals surface area (Å²) in [5.74, 6) is -0.614. The van der Waals surface area contributed by atoms with E-state index in [1.54, 1.807) is 12.1 Å². The van der Waals surface area contributed by atoms with Gasteiger partial charge in [-0.3, -0.25) is 9.89 Å². The van der Waals surface area contributed by atoms with Crippen molar-refractivity contribution < 1.29 is 19.1 Å². The zero-order valence-electron chi connectivity index (χ0n) is 15.6. The summed E-state index contributed by atoms with van der Waals surface area (Å²) in [7, 11) is 1.36. The number of methoxy groups -OCH3 is 1. The molecule has 6 nitrogen and oxygen atoms in total. The molecule has 6 heteroatoms. The molecule has 0 fully saturated rings. The highest BCUT2D eigenvalue weighted by Gasteiger charge is 2.28. The van der Waals surface area contributed by atoms with Gasteiger partial charge in [-0.05, 0) is 63.8 Å². The Kier molecular flexibility index (Phi) is 4.85. The summed E-state index contributed by atoms with van der Waals surface area (Å²) in [6.45, 7) is 5.65. The minimum absolute atomic E-state index is 0.103. The van der Waals surface area contributed by atoms with Gasteiger partial charge in [0.2, 0.25) is 0 Å². The van der Waals surface area contributed by atoms with Crippen molar-refractivity contribution in [2.24, 2.45) is 5.92 Å². The van der Waals surface area contributed by atoms with Crippen molar-refractivity contribution in [3.63, 3.8) is 0 Å². The Bertz CT molecular complexity index is 874. The third-order valence-electron chi connectivity index (χ3n) is 4.44. The molecule has 1 atom stereocenters. The highest BCUT2D eigenvalue weighted by atomic mass is 16.6. The average Bonchev–Trinajstić information content (AvgIpc) is 3.02. The minimum Gasteiger partial charge on any atom is -0.465 e. The van der Waals surface area contributed by atoms with Crippen LogP contribution in [0.5, 0.6) is 0 Å². The number of benzene rings is 1. The van der Waals surface area contributed by atoms with Gasteiger partial charge in [-0.1, -0.05) is 6.08 Å². The van der Waals surface area contributed by atoms with E-state index in [1.807, 2.05) is 26.8 Å². The monoisotopic (exact) mass is 356 g/mol. The molecule has 1 aromatic heterocycles. The molecule has 1 aliphatic rings. The molecule has 2 aromatic rings. The molecule has 0 radical (unpaired) electrons. The lowest BCUT2D eigenvalue weighted by atomic mass is 9.87. The van der Waals surface area contributed by atoms with Crippen LogP contribution in [0.25, 0.3) is 16.5 Å². The number of aromatic nitrogens is 2. The number of H-pyrrole nitrogens is 1. The molecule has 1 N–H and O–H groups in total. The molecule has 138 valence electrons. The van der Waals surface area contributed by atoms with Gasteiger partial charge in [0.25, 0.3) is 0 Å². The lowest BCUT2D eigenvalue weighted by Crippen LogP contribution is -2.29. The highest BCUT2D eigenvalue weighted by molar-refractivity contribution is 5.97. The molecule has 3 rings (SSSR count). The Balaban J connectivity index is 1.78. The number of aromatic amines is 1. The quantitative estimate of drug-likeness (QED) is 0.844. The molecule has 0 spiro atoms. The van der Waals surface area contributed by atoms with Crippen molar-refractivity contribution in [1.29, 1.82) is 0 Å². The van der Waals surface area contributed by atoms with Gasteiger partial charge in [0.15, 0.2) is 0 Å². The van der Waals surface area contributed by atoms with Crippen LogP contribution >= 0.6 is 0 Å². The number of nitrogens with one attached hydrogen (secondary N) is 1. The van der Waals surface area contributed by atoms with E-state index in [-0.39, 0.29) is 17.9 Å². The van der Waals surface area contributed by atoms with E-state index in [4.69, 9.17) is 9.47 Å². The fraction of sp³-hybridized carbons (Fsp3) is 0.450.